The first-order chi connectivity index (χ1) is 10.1. The lowest BCUT2D eigenvalue weighted by Gasteiger charge is -2.34. The fourth-order valence-corrected chi connectivity index (χ4v) is 2.35. The van der Waals surface area contributed by atoms with Crippen molar-refractivity contribution in [3.63, 3.8) is 0 Å². The molecule has 21 heavy (non-hydrogen) atoms. The monoisotopic (exact) mass is 290 g/mol. The Hall–Kier alpha value is -2.08. The SMILES string of the molecule is CCN1CCN(C(=O)Nc2cccc(NC(C)=O)c2)CC1. The summed E-state index contributed by atoms with van der Waals surface area (Å²) in [6.07, 6.45) is 0. The second-order valence-electron chi connectivity index (χ2n) is 5.11. The fraction of sp³-hybridized carbons (Fsp3) is 0.467. The van der Waals surface area contributed by atoms with Gasteiger partial charge in [-0.05, 0) is 24.7 Å². The molecule has 0 spiro atoms. The Balaban J connectivity index is 1.92. The summed E-state index contributed by atoms with van der Waals surface area (Å²) in [6.45, 7) is 7.91. The lowest BCUT2D eigenvalue weighted by molar-refractivity contribution is -0.114. The standard InChI is InChI=1S/C15H22N4O2/c1-3-18-7-9-19(10-8-18)15(21)17-14-6-4-5-13(11-14)16-12(2)20/h4-6,11H,3,7-10H2,1-2H3,(H,16,20)(H,17,21). The zero-order valence-corrected chi connectivity index (χ0v) is 12.6. The van der Waals surface area contributed by atoms with Crippen LogP contribution in [0.1, 0.15) is 13.8 Å². The molecule has 1 saturated heterocycles. The maximum atomic E-state index is 12.2. The average molecular weight is 290 g/mol. The van der Waals surface area contributed by atoms with E-state index in [1.165, 1.54) is 6.92 Å². The molecule has 0 atom stereocenters. The molecule has 0 unspecified atom stereocenters. The minimum absolute atomic E-state index is 0.0919. The maximum Gasteiger partial charge on any atom is 0.321 e. The van der Waals surface area contributed by atoms with Crippen molar-refractivity contribution in [2.75, 3.05) is 43.4 Å². The van der Waals surface area contributed by atoms with Crippen molar-refractivity contribution >= 4 is 23.3 Å². The molecule has 1 fully saturated rings. The van der Waals surface area contributed by atoms with E-state index in [0.717, 1.165) is 32.7 Å². The molecular weight excluding hydrogens is 268 g/mol. The van der Waals surface area contributed by atoms with Gasteiger partial charge in [-0.3, -0.25) is 4.79 Å². The van der Waals surface area contributed by atoms with Crippen molar-refractivity contribution in [3.8, 4) is 0 Å². The molecule has 0 saturated carbocycles. The van der Waals surface area contributed by atoms with Gasteiger partial charge in [0.15, 0.2) is 0 Å². The zero-order chi connectivity index (χ0) is 15.2. The third-order valence-corrected chi connectivity index (χ3v) is 3.54. The molecule has 0 radical (unpaired) electrons. The van der Waals surface area contributed by atoms with Gasteiger partial charge in [0.05, 0.1) is 0 Å². The van der Waals surface area contributed by atoms with E-state index >= 15 is 0 Å². The van der Waals surface area contributed by atoms with Crippen LogP contribution in [0.15, 0.2) is 24.3 Å². The fourth-order valence-electron chi connectivity index (χ4n) is 2.35. The minimum atomic E-state index is -0.130. The molecule has 1 aliphatic rings. The molecule has 1 aromatic rings. The Morgan fingerprint density at radius 2 is 1.71 bits per heavy atom. The number of urea groups is 1. The summed E-state index contributed by atoms with van der Waals surface area (Å²) in [5.41, 5.74) is 1.36. The Morgan fingerprint density at radius 3 is 2.29 bits per heavy atom. The van der Waals surface area contributed by atoms with Crippen molar-refractivity contribution in [1.82, 2.24) is 9.80 Å². The van der Waals surface area contributed by atoms with Crippen molar-refractivity contribution in [1.29, 1.82) is 0 Å². The van der Waals surface area contributed by atoms with Gasteiger partial charge in [-0.25, -0.2) is 4.79 Å². The second-order valence-corrected chi connectivity index (χ2v) is 5.11. The average Bonchev–Trinajstić information content (AvgIpc) is 2.47. The number of nitrogens with one attached hydrogen (secondary N) is 2. The van der Waals surface area contributed by atoms with E-state index in [2.05, 4.69) is 22.5 Å². The second kappa shape index (κ2) is 7.08. The molecule has 6 nitrogen and oxygen atoms in total. The number of amides is 3. The lowest BCUT2D eigenvalue weighted by Crippen LogP contribution is -2.49. The molecule has 3 amide bonds. The molecule has 1 aliphatic heterocycles. The Kier molecular flexibility index (Phi) is 5.16. The first kappa shape index (κ1) is 15.3. The van der Waals surface area contributed by atoms with Crippen molar-refractivity contribution < 1.29 is 9.59 Å². The van der Waals surface area contributed by atoms with E-state index in [-0.39, 0.29) is 11.9 Å². The summed E-state index contributed by atoms with van der Waals surface area (Å²) < 4.78 is 0. The first-order valence-corrected chi connectivity index (χ1v) is 7.24. The van der Waals surface area contributed by atoms with Crippen LogP contribution < -0.4 is 10.6 Å². The van der Waals surface area contributed by atoms with E-state index in [4.69, 9.17) is 0 Å². The quantitative estimate of drug-likeness (QED) is 0.892. The van der Waals surface area contributed by atoms with Crippen LogP contribution >= 0.6 is 0 Å². The van der Waals surface area contributed by atoms with Gasteiger partial charge in [-0.2, -0.15) is 0 Å². The van der Waals surface area contributed by atoms with Gasteiger partial charge >= 0.3 is 6.03 Å². The number of rotatable bonds is 3. The number of carbonyl (C=O) groups is 2. The largest absolute Gasteiger partial charge is 0.326 e. The van der Waals surface area contributed by atoms with Crippen molar-refractivity contribution in [2.45, 2.75) is 13.8 Å². The highest BCUT2D eigenvalue weighted by Crippen LogP contribution is 2.16. The summed E-state index contributed by atoms with van der Waals surface area (Å²) in [4.78, 5) is 27.4. The predicted octanol–water partition coefficient (Wildman–Crippen LogP) is 1.81. The summed E-state index contributed by atoms with van der Waals surface area (Å²) in [5, 5.41) is 5.58. The molecule has 114 valence electrons. The van der Waals surface area contributed by atoms with E-state index in [1.54, 1.807) is 18.2 Å². The molecule has 2 N–H and O–H groups in total. The number of anilines is 2. The number of carbonyl (C=O) groups excluding carboxylic acids is 2. The Labute approximate surface area is 125 Å². The Morgan fingerprint density at radius 1 is 1.10 bits per heavy atom. The number of hydrogen-bond acceptors (Lipinski definition) is 3. The van der Waals surface area contributed by atoms with Crippen LogP contribution in [-0.2, 0) is 4.79 Å². The summed E-state index contributed by atoms with van der Waals surface area (Å²) >= 11 is 0. The highest BCUT2D eigenvalue weighted by molar-refractivity contribution is 5.92. The number of nitrogens with zero attached hydrogens (tertiary/aromatic N) is 2. The summed E-state index contributed by atoms with van der Waals surface area (Å²) in [6, 6.07) is 7.06. The van der Waals surface area contributed by atoms with E-state index in [0.29, 0.717) is 11.4 Å². The predicted molar refractivity (Wildman–Crippen MR) is 83.5 cm³/mol. The van der Waals surface area contributed by atoms with Crippen LogP contribution in [-0.4, -0.2) is 54.5 Å². The molecule has 0 bridgehead atoms. The van der Waals surface area contributed by atoms with Gasteiger partial charge < -0.3 is 20.4 Å². The molecule has 6 heteroatoms. The van der Waals surface area contributed by atoms with Gasteiger partial charge in [-0.1, -0.05) is 13.0 Å². The molecule has 0 aromatic heterocycles. The van der Waals surface area contributed by atoms with E-state index in [1.807, 2.05) is 11.0 Å². The van der Waals surface area contributed by atoms with Crippen molar-refractivity contribution in [2.24, 2.45) is 0 Å². The van der Waals surface area contributed by atoms with E-state index < -0.39 is 0 Å². The topological polar surface area (TPSA) is 64.7 Å². The lowest BCUT2D eigenvalue weighted by atomic mass is 10.2. The molecule has 1 heterocycles. The van der Waals surface area contributed by atoms with Crippen LogP contribution in [0, 0.1) is 0 Å². The number of likely N-dealkylation sites (N-methyl/N-ethyl adjacent to an activating group) is 1. The number of piperazine rings is 1. The first-order valence-electron chi connectivity index (χ1n) is 7.24. The van der Waals surface area contributed by atoms with Crippen LogP contribution in [0.2, 0.25) is 0 Å². The van der Waals surface area contributed by atoms with Gasteiger partial charge in [-0.15, -0.1) is 0 Å². The number of hydrogen-bond donors (Lipinski definition) is 2. The minimum Gasteiger partial charge on any atom is -0.326 e. The van der Waals surface area contributed by atoms with Crippen LogP contribution in [0.25, 0.3) is 0 Å². The Bertz CT molecular complexity index is 510. The van der Waals surface area contributed by atoms with Crippen LogP contribution in [0.4, 0.5) is 16.2 Å². The van der Waals surface area contributed by atoms with E-state index in [9.17, 15) is 9.59 Å². The summed E-state index contributed by atoms with van der Waals surface area (Å²) in [5.74, 6) is -0.130. The molecule has 1 aromatic carbocycles. The highest BCUT2D eigenvalue weighted by atomic mass is 16.2. The molecular formula is C15H22N4O2. The van der Waals surface area contributed by atoms with Crippen LogP contribution in [0.3, 0.4) is 0 Å². The highest BCUT2D eigenvalue weighted by Gasteiger charge is 2.20. The maximum absolute atomic E-state index is 12.2. The summed E-state index contributed by atoms with van der Waals surface area (Å²) in [7, 11) is 0. The smallest absolute Gasteiger partial charge is 0.321 e. The van der Waals surface area contributed by atoms with Gasteiger partial charge in [0.25, 0.3) is 0 Å². The molecule has 0 aliphatic carbocycles. The normalized spacial score (nSPS) is 15.6. The van der Waals surface area contributed by atoms with Gasteiger partial charge in [0.2, 0.25) is 5.91 Å². The van der Waals surface area contributed by atoms with Crippen molar-refractivity contribution in [3.05, 3.63) is 24.3 Å². The molecule has 2 rings (SSSR count). The van der Waals surface area contributed by atoms with Gasteiger partial charge in [0.1, 0.15) is 0 Å². The third kappa shape index (κ3) is 4.46. The van der Waals surface area contributed by atoms with Gasteiger partial charge in [0, 0.05) is 44.5 Å². The number of benzene rings is 1. The van der Waals surface area contributed by atoms with Crippen LogP contribution in [0.5, 0.6) is 0 Å². The third-order valence-electron chi connectivity index (χ3n) is 3.54. The zero-order valence-electron chi connectivity index (χ0n) is 12.6.